The molecule has 39 heavy (non-hydrogen) atoms. The number of amides is 2. The van der Waals surface area contributed by atoms with Crippen LogP contribution in [-0.4, -0.2) is 58.4 Å². The third-order valence-corrected chi connectivity index (χ3v) is 7.08. The van der Waals surface area contributed by atoms with Crippen LogP contribution in [0.4, 0.5) is 9.59 Å². The second-order valence-electron chi connectivity index (χ2n) is 5.93. The molecule has 0 bridgehead atoms. The number of nitrogens with zero attached hydrogens (tertiary/aromatic N) is 2. The fourth-order valence-electron chi connectivity index (χ4n) is 2.21. The van der Waals surface area contributed by atoms with Crippen molar-refractivity contribution in [3.05, 3.63) is 46.6 Å². The number of methoxy groups -OCH3 is 2. The predicted molar refractivity (Wildman–Crippen MR) is 149 cm³/mol. The molecular formula is C21H20N6O6P2S2V2. The molecule has 0 fully saturated rings. The largest absolute Gasteiger partial charge is 2.00 e. The molecule has 202 valence electrons. The van der Waals surface area contributed by atoms with Gasteiger partial charge in [-0.3, -0.25) is 9.59 Å². The van der Waals surface area contributed by atoms with Crippen molar-refractivity contribution in [2.45, 2.75) is 7.43 Å². The van der Waals surface area contributed by atoms with Gasteiger partial charge in [-0.25, -0.2) is 22.0 Å². The van der Waals surface area contributed by atoms with Crippen molar-refractivity contribution in [3.63, 3.8) is 0 Å². The molecular weight excluding hydrogens is 660 g/mol. The van der Waals surface area contributed by atoms with Crippen molar-refractivity contribution in [1.29, 1.82) is 0 Å². The minimum absolute atomic E-state index is 0. The first-order chi connectivity index (χ1) is 17.3. The van der Waals surface area contributed by atoms with Gasteiger partial charge in [0.2, 0.25) is 12.2 Å². The molecule has 18 heteroatoms. The molecule has 0 aliphatic rings. The number of thiophene rings is 2. The molecule has 2 amide bonds. The molecule has 2 unspecified atom stereocenters. The first kappa shape index (κ1) is 38.7. The summed E-state index contributed by atoms with van der Waals surface area (Å²) in [6.45, 7) is 0. The molecule has 0 aromatic carbocycles. The van der Waals surface area contributed by atoms with E-state index in [1.54, 1.807) is 35.1 Å². The van der Waals surface area contributed by atoms with Gasteiger partial charge in [0.25, 0.3) is 0 Å². The van der Waals surface area contributed by atoms with Crippen LogP contribution in [0.3, 0.4) is 0 Å². The third kappa shape index (κ3) is 13.4. The Balaban J connectivity index is 0. The molecule has 0 saturated heterocycles. The molecule has 4 rings (SSSR count). The van der Waals surface area contributed by atoms with Gasteiger partial charge >= 0.3 is 37.1 Å². The van der Waals surface area contributed by atoms with Crippen molar-refractivity contribution >= 4 is 84.6 Å². The van der Waals surface area contributed by atoms with E-state index in [0.29, 0.717) is 16.8 Å². The Labute approximate surface area is 259 Å². The van der Waals surface area contributed by atoms with Crippen molar-refractivity contribution in [1.82, 2.24) is 19.9 Å². The number of nitrogens with one attached hydrogen (secondary N) is 4. The summed E-state index contributed by atoms with van der Waals surface area (Å²) in [7, 11) is 2.14. The van der Waals surface area contributed by atoms with E-state index in [-0.39, 0.29) is 61.7 Å². The van der Waals surface area contributed by atoms with Crippen LogP contribution in [0.2, 0.25) is 0 Å². The quantitative estimate of drug-likeness (QED) is 0.175. The zero-order valence-corrected chi connectivity index (χ0v) is 25.8. The number of ether oxygens (including phenoxy) is 2. The van der Waals surface area contributed by atoms with E-state index >= 15 is 0 Å². The molecule has 4 heterocycles. The van der Waals surface area contributed by atoms with E-state index in [9.17, 15) is 19.2 Å². The van der Waals surface area contributed by atoms with Gasteiger partial charge in [0.05, 0.1) is 53.2 Å². The Morgan fingerprint density at radius 3 is 1.92 bits per heavy atom. The van der Waals surface area contributed by atoms with E-state index < -0.39 is 12.2 Å². The number of hydrogen-bond acceptors (Lipinski definition) is 10. The fraction of sp³-hybridized carbons (Fsp3) is 0.143. The number of hydrogen-bond donors (Lipinski definition) is 2. The number of fused-ring (bicyclic) bond motifs is 1. The molecule has 12 nitrogen and oxygen atoms in total. The first-order valence-electron chi connectivity index (χ1n) is 9.30. The number of carbonyl (C=O) groups is 2. The van der Waals surface area contributed by atoms with Gasteiger partial charge in [0, 0.05) is 9.40 Å². The van der Waals surface area contributed by atoms with E-state index in [2.05, 4.69) is 53.4 Å². The molecule has 0 aliphatic carbocycles. The number of imidazole rings is 2. The van der Waals surface area contributed by atoms with E-state index in [4.69, 9.17) is 11.5 Å². The van der Waals surface area contributed by atoms with Gasteiger partial charge in [-0.1, -0.05) is 7.43 Å². The van der Waals surface area contributed by atoms with Gasteiger partial charge in [-0.15, -0.1) is 22.7 Å². The maximum Gasteiger partial charge on any atom is 2.00 e. The van der Waals surface area contributed by atoms with Gasteiger partial charge in [-0.05, 0) is 24.0 Å². The normalized spacial score (nSPS) is 9.38. The summed E-state index contributed by atoms with van der Waals surface area (Å²) in [5, 5.41) is 0. The molecule has 0 aliphatic heterocycles. The van der Waals surface area contributed by atoms with Crippen molar-refractivity contribution < 1.29 is 65.8 Å². The molecule has 2 atom stereocenters. The van der Waals surface area contributed by atoms with Crippen molar-refractivity contribution in [3.8, 4) is 22.4 Å². The average Bonchev–Trinajstić information content (AvgIpc) is 3.63. The maximum atomic E-state index is 10.5. The Morgan fingerprint density at radius 2 is 1.41 bits per heavy atom. The van der Waals surface area contributed by atoms with Gasteiger partial charge in [0.15, 0.2) is 0 Å². The van der Waals surface area contributed by atoms with Crippen LogP contribution in [0.1, 0.15) is 18.0 Å². The van der Waals surface area contributed by atoms with Crippen LogP contribution >= 0.6 is 39.8 Å². The number of rotatable bonds is 5. The van der Waals surface area contributed by atoms with Crippen molar-refractivity contribution in [2.75, 3.05) is 14.2 Å². The van der Waals surface area contributed by atoms with Gasteiger partial charge in [-0.2, -0.15) is 17.2 Å². The number of aromatic nitrogens is 4. The van der Waals surface area contributed by atoms with E-state index in [1.807, 2.05) is 12.1 Å². The van der Waals surface area contributed by atoms with Crippen LogP contribution in [0.15, 0.2) is 24.5 Å². The van der Waals surface area contributed by atoms with Crippen LogP contribution < -0.4 is 11.1 Å². The molecule has 0 spiro atoms. The second-order valence-corrected chi connectivity index (χ2v) is 9.95. The SMILES string of the molecule is C.COC([NH-])=O.COC([NH-])=O.O=[C-]Pc1ncc(C#Cc2cc3sc(-c4cnc(P[C-]=O)[nH]4)cc3s2)[nH]1.[V+2].[V+2]. The summed E-state index contributed by atoms with van der Waals surface area (Å²) in [6.07, 6.45) is 1.37. The fourth-order valence-corrected chi connectivity index (χ4v) is 5.27. The molecule has 4 aromatic heterocycles. The third-order valence-electron chi connectivity index (χ3n) is 3.65. The number of H-pyrrole nitrogens is 2. The zero-order valence-electron chi connectivity index (χ0n) is 19.4. The monoisotopic (exact) mass is 680 g/mol. The smallest absolute Gasteiger partial charge is 0.632 e. The summed E-state index contributed by atoms with van der Waals surface area (Å²) in [6, 6.07) is 7.84. The van der Waals surface area contributed by atoms with Crippen LogP contribution in [0.25, 0.3) is 31.4 Å². The summed E-state index contributed by atoms with van der Waals surface area (Å²) in [5.74, 6) is 6.14. The first-order valence-corrected chi connectivity index (χ1v) is 12.9. The van der Waals surface area contributed by atoms with Crippen LogP contribution in [-0.2, 0) is 56.2 Å². The van der Waals surface area contributed by atoms with E-state index in [0.717, 1.165) is 39.1 Å². The summed E-state index contributed by atoms with van der Waals surface area (Å²) in [5.41, 5.74) is 14.7. The average molecular weight is 680 g/mol. The maximum absolute atomic E-state index is 10.5. The molecule has 4 N–H and O–H groups in total. The van der Waals surface area contributed by atoms with Crippen molar-refractivity contribution in [2.24, 2.45) is 0 Å². The van der Waals surface area contributed by atoms with E-state index in [1.165, 1.54) is 0 Å². The topological polar surface area (TPSA) is 192 Å². The molecule has 2 radical (unpaired) electrons. The Kier molecular flexibility index (Phi) is 20.3. The second kappa shape index (κ2) is 20.5. The molecule has 4 aromatic rings. The summed E-state index contributed by atoms with van der Waals surface area (Å²) in [4.78, 5) is 55.8. The Bertz CT molecular complexity index is 1370. The number of carbonyl (C=O) groups excluding carboxylic acids is 4. The number of aromatic amines is 2. The van der Waals surface area contributed by atoms with Gasteiger partial charge < -0.3 is 40.5 Å². The minimum atomic E-state index is -0.995. The van der Waals surface area contributed by atoms with Crippen LogP contribution in [0, 0.1) is 11.8 Å². The Morgan fingerprint density at radius 1 is 0.897 bits per heavy atom. The minimum Gasteiger partial charge on any atom is -0.632 e. The molecule has 0 saturated carbocycles. The Hall–Kier alpha value is -2.45. The zero-order chi connectivity index (χ0) is 26.5. The summed E-state index contributed by atoms with van der Waals surface area (Å²) >= 11 is 3.26. The summed E-state index contributed by atoms with van der Waals surface area (Å²) < 4.78 is 9.86. The predicted octanol–water partition coefficient (Wildman–Crippen LogP) is 4.46. The standard InChI is InChI=1S/C16H8N4O2P2S2.2C2H5NO2.CH4.2V/c21-7-23-15-17-5-9(19-15)1-2-10-3-13-14(25-10)4-12(26-13)11-6-18-16(20-11)24-8-22;2*1-5-2(3)4;;;/h3-6,23-24H,(H,17,19)(H,18,20);2*1H3,(H2,3,4);1H4;;/q-2;;;;2*+2/p-2. The van der Waals surface area contributed by atoms with Crippen LogP contribution in [0.5, 0.6) is 0 Å². The van der Waals surface area contributed by atoms with Gasteiger partial charge in [0.1, 0.15) is 5.69 Å².